The molecule has 2 aliphatic carbocycles. The summed E-state index contributed by atoms with van der Waals surface area (Å²) < 4.78 is 16.9. The maximum Gasteiger partial charge on any atom is 0.305 e. The van der Waals surface area contributed by atoms with Gasteiger partial charge < -0.3 is 24.5 Å². The molecule has 246 valence electrons. The van der Waals surface area contributed by atoms with Gasteiger partial charge in [0, 0.05) is 21.7 Å². The van der Waals surface area contributed by atoms with E-state index >= 15 is 0 Å². The van der Waals surface area contributed by atoms with E-state index in [0.717, 1.165) is 33.1 Å². The smallest absolute Gasteiger partial charge is 0.305 e. The zero-order chi connectivity index (χ0) is 33.3. The van der Waals surface area contributed by atoms with Crippen LogP contribution in [0.3, 0.4) is 0 Å². The number of hydrogen-bond acceptors (Lipinski definition) is 9. The molecular weight excluding hydrogens is 651 g/mol. The number of benzene rings is 3. The topological polar surface area (TPSA) is 127 Å². The number of anilines is 2. The van der Waals surface area contributed by atoms with Gasteiger partial charge in [0.15, 0.2) is 18.1 Å². The van der Waals surface area contributed by atoms with Gasteiger partial charge in [-0.05, 0) is 84.7 Å². The van der Waals surface area contributed by atoms with Crippen LogP contribution in [-0.4, -0.2) is 48.8 Å². The minimum Gasteiger partial charge on any atom is -0.497 e. The Hall–Kier alpha value is -4.55. The summed E-state index contributed by atoms with van der Waals surface area (Å²) in [5.41, 5.74) is 3.17. The summed E-state index contributed by atoms with van der Waals surface area (Å²) in [6.45, 7) is 1.72. The molecule has 8 rings (SSSR count). The van der Waals surface area contributed by atoms with Gasteiger partial charge in [-0.3, -0.25) is 24.1 Å². The molecule has 12 heteroatoms. The average Bonchev–Trinajstić information content (AvgIpc) is 3.83. The molecule has 2 aliphatic heterocycles. The first-order chi connectivity index (χ1) is 23.3. The molecule has 3 heterocycles. The number of methoxy groups -OCH3 is 2. The zero-order valence-electron chi connectivity index (χ0n) is 26.4. The lowest BCUT2D eigenvalue weighted by atomic mass is 9.68. The van der Waals surface area contributed by atoms with Gasteiger partial charge in [-0.1, -0.05) is 35.6 Å². The van der Waals surface area contributed by atoms with Gasteiger partial charge in [-0.25, -0.2) is 0 Å². The molecule has 0 unspecified atom stereocenters. The highest BCUT2D eigenvalue weighted by Gasteiger charge is 2.69. The lowest BCUT2D eigenvalue weighted by molar-refractivity contribution is -0.123. The predicted molar refractivity (Wildman–Crippen MR) is 182 cm³/mol. The van der Waals surface area contributed by atoms with E-state index < -0.39 is 5.92 Å². The van der Waals surface area contributed by atoms with Crippen LogP contribution in [-0.2, 0) is 14.4 Å². The van der Waals surface area contributed by atoms with E-state index in [0.29, 0.717) is 22.9 Å². The van der Waals surface area contributed by atoms with E-state index in [-0.39, 0.29) is 64.0 Å². The van der Waals surface area contributed by atoms with Crippen molar-refractivity contribution >= 4 is 52.2 Å². The first-order valence-corrected chi connectivity index (χ1v) is 17.5. The van der Waals surface area contributed by atoms with Crippen LogP contribution in [0.5, 0.6) is 17.2 Å². The number of rotatable bonds is 8. The quantitative estimate of drug-likeness (QED) is 0.235. The lowest BCUT2D eigenvalue weighted by Gasteiger charge is -2.43. The lowest BCUT2D eigenvalue weighted by Crippen LogP contribution is -2.42. The molecule has 2 saturated carbocycles. The monoisotopic (exact) mass is 683 g/mol. The fraction of sp³-hybridized carbons (Fsp3) is 0.333. The second-order valence-electron chi connectivity index (χ2n) is 12.7. The number of thioether (sulfide) groups is 1. The molecule has 0 radical (unpaired) electrons. The molecule has 4 aromatic rings. The van der Waals surface area contributed by atoms with Gasteiger partial charge in [0.25, 0.3) is 5.91 Å². The predicted octanol–water partition coefficient (Wildman–Crippen LogP) is 5.46. The summed E-state index contributed by atoms with van der Waals surface area (Å²) in [4.78, 5) is 58.6. The number of imide groups is 1. The molecule has 2 N–H and O–H groups in total. The Labute approximate surface area is 284 Å². The molecule has 2 bridgehead atoms. The number of thiazole rings is 1. The molecule has 3 amide bonds. The van der Waals surface area contributed by atoms with Gasteiger partial charge in [0.05, 0.1) is 36.8 Å². The molecule has 0 spiro atoms. The number of aromatic nitrogens is 1. The number of aromatic amines is 1. The summed E-state index contributed by atoms with van der Waals surface area (Å²) in [7, 11) is 3.13. The van der Waals surface area contributed by atoms with Crippen LogP contribution in [0.1, 0.15) is 28.3 Å². The molecule has 48 heavy (non-hydrogen) atoms. The van der Waals surface area contributed by atoms with Crippen LogP contribution in [0.15, 0.2) is 76.6 Å². The highest BCUT2D eigenvalue weighted by atomic mass is 32.2. The van der Waals surface area contributed by atoms with Crippen LogP contribution in [0.2, 0.25) is 0 Å². The number of amides is 3. The molecule has 10 nitrogen and oxygen atoms in total. The number of aryl methyl sites for hydroxylation is 1. The summed E-state index contributed by atoms with van der Waals surface area (Å²) in [5.74, 6) is -0.0177. The van der Waals surface area contributed by atoms with Crippen molar-refractivity contribution in [3.05, 3.63) is 92.4 Å². The van der Waals surface area contributed by atoms with Gasteiger partial charge >= 0.3 is 4.87 Å². The maximum atomic E-state index is 14.1. The van der Waals surface area contributed by atoms with Crippen molar-refractivity contribution in [1.29, 1.82) is 0 Å². The Morgan fingerprint density at radius 3 is 2.42 bits per heavy atom. The van der Waals surface area contributed by atoms with Crippen molar-refractivity contribution in [3.8, 4) is 17.2 Å². The third-order valence-electron chi connectivity index (χ3n) is 10.4. The Morgan fingerprint density at radius 2 is 1.69 bits per heavy atom. The fourth-order valence-electron chi connectivity index (χ4n) is 8.42. The average molecular weight is 684 g/mol. The van der Waals surface area contributed by atoms with Gasteiger partial charge in [0.1, 0.15) is 5.75 Å². The summed E-state index contributed by atoms with van der Waals surface area (Å²) in [6, 6.07) is 20.2. The van der Waals surface area contributed by atoms with Crippen LogP contribution in [0.25, 0.3) is 0 Å². The normalized spacial score (nSPS) is 26.6. The number of carbonyl (C=O) groups is 3. The minimum atomic E-state index is -0.414. The second kappa shape index (κ2) is 11.9. The van der Waals surface area contributed by atoms with Gasteiger partial charge in [-0.15, -0.1) is 11.8 Å². The largest absolute Gasteiger partial charge is 0.497 e. The number of ether oxygens (including phenoxy) is 3. The number of fused-ring (bicyclic) bond motifs is 9. The molecule has 4 aliphatic rings. The summed E-state index contributed by atoms with van der Waals surface area (Å²) in [6.07, 6.45) is 0.787. The van der Waals surface area contributed by atoms with Crippen LogP contribution in [0, 0.1) is 36.5 Å². The van der Waals surface area contributed by atoms with Crippen LogP contribution < -0.4 is 29.3 Å². The molecule has 3 fully saturated rings. The maximum absolute atomic E-state index is 14.1. The number of nitrogens with zero attached hydrogens (tertiary/aromatic N) is 1. The molecular formula is C36H33N3O7S2. The Balaban J connectivity index is 1.09. The van der Waals surface area contributed by atoms with Gasteiger partial charge in [0.2, 0.25) is 11.8 Å². The van der Waals surface area contributed by atoms with Crippen molar-refractivity contribution < 1.29 is 28.6 Å². The first-order valence-electron chi connectivity index (χ1n) is 15.8. The zero-order valence-corrected chi connectivity index (χ0v) is 28.1. The number of H-pyrrole nitrogens is 1. The van der Waals surface area contributed by atoms with Crippen molar-refractivity contribution in [2.24, 2.45) is 29.6 Å². The second-order valence-corrected chi connectivity index (χ2v) is 14.9. The van der Waals surface area contributed by atoms with E-state index in [2.05, 4.69) is 10.3 Å². The van der Waals surface area contributed by atoms with Crippen molar-refractivity contribution in [2.75, 3.05) is 31.0 Å². The van der Waals surface area contributed by atoms with Crippen molar-refractivity contribution in [1.82, 2.24) is 4.98 Å². The van der Waals surface area contributed by atoms with Crippen molar-refractivity contribution in [2.45, 2.75) is 29.5 Å². The van der Waals surface area contributed by atoms with E-state index in [4.69, 9.17) is 14.2 Å². The van der Waals surface area contributed by atoms with Crippen LogP contribution >= 0.6 is 23.1 Å². The SMILES string of the molecule is COc1ccc(N2C(=O)[C@H]3[C@H]4C[C@@H]([C@@H]3C2=O)[C@@H]2[C@H](c3ccc(OCC(=O)Nc5ccccc5C)c(OC)c3)c3sc(=O)[nH]c3S[C@H]42)cc1. The minimum absolute atomic E-state index is 0.00464. The number of para-hydroxylation sites is 1. The summed E-state index contributed by atoms with van der Waals surface area (Å²) in [5, 5.41) is 3.76. The van der Waals surface area contributed by atoms with E-state index in [1.54, 1.807) is 56.3 Å². The highest BCUT2D eigenvalue weighted by molar-refractivity contribution is 8.00. The van der Waals surface area contributed by atoms with E-state index in [1.165, 1.54) is 16.2 Å². The molecule has 3 aromatic carbocycles. The van der Waals surface area contributed by atoms with Crippen molar-refractivity contribution in [3.63, 3.8) is 0 Å². The Morgan fingerprint density at radius 1 is 0.938 bits per heavy atom. The number of hydrogen-bond donors (Lipinski definition) is 2. The standard InChI is InChI=1S/C36H33N3O7S2/c1-17-6-4-5-7-23(17)37-26(40)16-46-24-13-8-18(14-25(24)45-3)27-28-21-15-22(31(28)47-33-32(27)48-36(43)38-33)30-29(21)34(41)39(35(30)42)19-9-11-20(44-2)12-10-19/h4-14,21-22,27-31H,15-16H2,1-3H3,(H,37,40)(H,38,43)/t21-,22-,27+,28-,29+,30+,31-/m1/s1. The van der Waals surface area contributed by atoms with Crippen LogP contribution in [0.4, 0.5) is 11.4 Å². The number of carbonyl (C=O) groups excluding carboxylic acids is 3. The van der Waals surface area contributed by atoms with E-state index in [1.807, 2.05) is 43.3 Å². The number of nitrogens with one attached hydrogen (secondary N) is 2. The molecule has 1 aromatic heterocycles. The third-order valence-corrected chi connectivity index (χ3v) is 13.0. The van der Waals surface area contributed by atoms with E-state index in [9.17, 15) is 19.2 Å². The fourth-order valence-corrected chi connectivity index (χ4v) is 11.3. The third kappa shape index (κ3) is 4.83. The molecule has 7 atom stereocenters. The first kappa shape index (κ1) is 30.8. The highest BCUT2D eigenvalue weighted by Crippen LogP contribution is 2.68. The summed E-state index contributed by atoms with van der Waals surface area (Å²) >= 11 is 2.85. The Bertz CT molecular complexity index is 2010. The molecule has 1 saturated heterocycles. The Kier molecular flexibility index (Phi) is 7.59. The van der Waals surface area contributed by atoms with Gasteiger partial charge in [-0.2, -0.15) is 0 Å².